The Morgan fingerprint density at radius 2 is 2.10 bits per heavy atom. The number of halogens is 1. The Labute approximate surface area is 132 Å². The third kappa shape index (κ3) is 4.35. The highest BCUT2D eigenvalue weighted by molar-refractivity contribution is 6.30. The van der Waals surface area contributed by atoms with Crippen LogP contribution in [0.3, 0.4) is 0 Å². The molecule has 0 amide bonds. The molecule has 2 heterocycles. The van der Waals surface area contributed by atoms with Gasteiger partial charge < -0.3 is 10.1 Å². The van der Waals surface area contributed by atoms with E-state index in [4.69, 9.17) is 16.3 Å². The molecule has 3 rings (SSSR count). The average molecular weight is 309 g/mol. The number of piperidine rings is 1. The molecule has 1 aromatic carbocycles. The molecule has 3 nitrogen and oxygen atoms in total. The number of ether oxygens (including phenoxy) is 1. The van der Waals surface area contributed by atoms with Gasteiger partial charge >= 0.3 is 0 Å². The van der Waals surface area contributed by atoms with Crippen LogP contribution in [0.1, 0.15) is 25.7 Å². The van der Waals surface area contributed by atoms with Crippen molar-refractivity contribution >= 4 is 11.6 Å². The number of rotatable bonds is 5. The van der Waals surface area contributed by atoms with Crippen molar-refractivity contribution in [2.45, 2.75) is 31.7 Å². The number of nitrogens with zero attached hydrogens (tertiary/aromatic N) is 1. The fourth-order valence-electron chi connectivity index (χ4n) is 3.54. The summed E-state index contributed by atoms with van der Waals surface area (Å²) in [7, 11) is 0. The minimum Gasteiger partial charge on any atom is -0.492 e. The summed E-state index contributed by atoms with van der Waals surface area (Å²) in [5.74, 6) is 1.75. The monoisotopic (exact) mass is 308 g/mol. The second-order valence-electron chi connectivity index (χ2n) is 6.19. The predicted octanol–water partition coefficient (Wildman–Crippen LogP) is 3.18. The summed E-state index contributed by atoms with van der Waals surface area (Å²) in [6.07, 6.45) is 5.39. The first-order chi connectivity index (χ1) is 10.3. The molecule has 2 fully saturated rings. The summed E-state index contributed by atoms with van der Waals surface area (Å²) in [4.78, 5) is 2.52. The average Bonchev–Trinajstić information content (AvgIpc) is 3.02. The van der Waals surface area contributed by atoms with Gasteiger partial charge in [-0.05, 0) is 69.4 Å². The first-order valence-corrected chi connectivity index (χ1v) is 8.53. The normalized spacial score (nSPS) is 24.3. The van der Waals surface area contributed by atoms with Gasteiger partial charge in [0, 0.05) is 17.6 Å². The Hall–Kier alpha value is -0.770. The van der Waals surface area contributed by atoms with Crippen LogP contribution in [0.25, 0.3) is 0 Å². The topological polar surface area (TPSA) is 24.5 Å². The Morgan fingerprint density at radius 1 is 1.24 bits per heavy atom. The van der Waals surface area contributed by atoms with E-state index in [-0.39, 0.29) is 0 Å². The molecule has 21 heavy (non-hydrogen) atoms. The van der Waals surface area contributed by atoms with Crippen LogP contribution in [0.5, 0.6) is 5.75 Å². The number of benzene rings is 1. The number of nitrogens with one attached hydrogen (secondary N) is 1. The summed E-state index contributed by atoms with van der Waals surface area (Å²) in [6, 6.07) is 8.42. The molecule has 0 spiro atoms. The molecule has 1 N–H and O–H groups in total. The lowest BCUT2D eigenvalue weighted by Crippen LogP contribution is -2.42. The summed E-state index contributed by atoms with van der Waals surface area (Å²) < 4.78 is 5.78. The quantitative estimate of drug-likeness (QED) is 0.904. The minimum absolute atomic E-state index is 0.734. The van der Waals surface area contributed by atoms with Crippen LogP contribution in [-0.2, 0) is 0 Å². The van der Waals surface area contributed by atoms with Crippen LogP contribution in [-0.4, -0.2) is 43.7 Å². The number of hydrogen-bond acceptors (Lipinski definition) is 3. The van der Waals surface area contributed by atoms with E-state index in [1.807, 2.05) is 24.3 Å². The highest BCUT2D eigenvalue weighted by Gasteiger charge is 2.28. The molecular weight excluding hydrogens is 284 g/mol. The van der Waals surface area contributed by atoms with Gasteiger partial charge in [0.2, 0.25) is 0 Å². The highest BCUT2D eigenvalue weighted by Crippen LogP contribution is 2.25. The maximum Gasteiger partial charge on any atom is 0.120 e. The van der Waals surface area contributed by atoms with E-state index in [1.165, 1.54) is 45.3 Å². The minimum atomic E-state index is 0.734. The maximum atomic E-state index is 5.95. The van der Waals surface area contributed by atoms with Gasteiger partial charge in [0.25, 0.3) is 0 Å². The van der Waals surface area contributed by atoms with Crippen molar-refractivity contribution in [3.8, 4) is 5.75 Å². The fourth-order valence-corrected chi connectivity index (χ4v) is 3.72. The SMILES string of the molecule is Clc1cccc(OCCN2CCC(C3CCCN3)CC2)c1. The largest absolute Gasteiger partial charge is 0.492 e. The van der Waals surface area contributed by atoms with Crippen molar-refractivity contribution in [2.24, 2.45) is 5.92 Å². The predicted molar refractivity (Wildman–Crippen MR) is 87.1 cm³/mol. The van der Waals surface area contributed by atoms with Gasteiger partial charge in [0.05, 0.1) is 0 Å². The lowest BCUT2D eigenvalue weighted by atomic mass is 9.88. The van der Waals surface area contributed by atoms with Crippen molar-refractivity contribution in [2.75, 3.05) is 32.8 Å². The third-order valence-corrected chi connectivity index (χ3v) is 5.01. The van der Waals surface area contributed by atoms with Gasteiger partial charge in [-0.1, -0.05) is 17.7 Å². The summed E-state index contributed by atoms with van der Waals surface area (Å²) >= 11 is 5.95. The lowest BCUT2D eigenvalue weighted by molar-refractivity contribution is 0.141. The van der Waals surface area contributed by atoms with Crippen molar-refractivity contribution < 1.29 is 4.74 Å². The number of hydrogen-bond donors (Lipinski definition) is 1. The lowest BCUT2D eigenvalue weighted by Gasteiger charge is -2.34. The molecule has 2 aliphatic heterocycles. The molecule has 0 aromatic heterocycles. The Bertz CT molecular complexity index is 440. The Balaban J connectivity index is 1.35. The van der Waals surface area contributed by atoms with Crippen LogP contribution in [0.2, 0.25) is 5.02 Å². The second-order valence-corrected chi connectivity index (χ2v) is 6.62. The molecular formula is C17H25ClN2O. The van der Waals surface area contributed by atoms with E-state index >= 15 is 0 Å². The Kier molecular flexibility index (Phi) is 5.39. The van der Waals surface area contributed by atoms with Gasteiger partial charge in [-0.25, -0.2) is 0 Å². The second kappa shape index (κ2) is 7.48. The molecule has 2 aliphatic rings. The van der Waals surface area contributed by atoms with E-state index < -0.39 is 0 Å². The zero-order chi connectivity index (χ0) is 14.5. The molecule has 1 unspecified atom stereocenters. The molecule has 4 heteroatoms. The van der Waals surface area contributed by atoms with Crippen molar-refractivity contribution in [3.63, 3.8) is 0 Å². The van der Waals surface area contributed by atoms with Crippen molar-refractivity contribution in [3.05, 3.63) is 29.3 Å². The first kappa shape index (κ1) is 15.1. The zero-order valence-corrected chi connectivity index (χ0v) is 13.3. The van der Waals surface area contributed by atoms with E-state index in [1.54, 1.807) is 0 Å². The van der Waals surface area contributed by atoms with Crippen molar-refractivity contribution in [1.29, 1.82) is 0 Å². The van der Waals surface area contributed by atoms with Crippen LogP contribution >= 0.6 is 11.6 Å². The third-order valence-electron chi connectivity index (χ3n) is 4.77. The van der Waals surface area contributed by atoms with Crippen LogP contribution < -0.4 is 10.1 Å². The van der Waals surface area contributed by atoms with Gasteiger partial charge in [-0.3, -0.25) is 4.90 Å². The van der Waals surface area contributed by atoms with Gasteiger partial charge in [-0.2, -0.15) is 0 Å². The van der Waals surface area contributed by atoms with E-state index in [2.05, 4.69) is 10.2 Å². The summed E-state index contributed by atoms with van der Waals surface area (Å²) in [5.41, 5.74) is 0. The van der Waals surface area contributed by atoms with Gasteiger partial charge in [-0.15, -0.1) is 0 Å². The zero-order valence-electron chi connectivity index (χ0n) is 12.6. The number of likely N-dealkylation sites (tertiary alicyclic amines) is 1. The van der Waals surface area contributed by atoms with E-state index in [9.17, 15) is 0 Å². The smallest absolute Gasteiger partial charge is 0.120 e. The van der Waals surface area contributed by atoms with E-state index in [0.29, 0.717) is 0 Å². The molecule has 0 bridgehead atoms. The molecule has 116 valence electrons. The van der Waals surface area contributed by atoms with Crippen molar-refractivity contribution in [1.82, 2.24) is 10.2 Å². The molecule has 0 saturated carbocycles. The molecule has 0 radical (unpaired) electrons. The summed E-state index contributed by atoms with van der Waals surface area (Å²) in [5, 5.41) is 4.39. The maximum absolute atomic E-state index is 5.95. The van der Waals surface area contributed by atoms with E-state index in [0.717, 1.165) is 35.9 Å². The molecule has 2 saturated heterocycles. The van der Waals surface area contributed by atoms with Gasteiger partial charge in [0.1, 0.15) is 12.4 Å². The van der Waals surface area contributed by atoms with Crippen LogP contribution in [0.15, 0.2) is 24.3 Å². The first-order valence-electron chi connectivity index (χ1n) is 8.15. The molecule has 1 aromatic rings. The van der Waals surface area contributed by atoms with Crippen LogP contribution in [0, 0.1) is 5.92 Å². The summed E-state index contributed by atoms with van der Waals surface area (Å²) in [6.45, 7) is 5.39. The highest BCUT2D eigenvalue weighted by atomic mass is 35.5. The Morgan fingerprint density at radius 3 is 2.81 bits per heavy atom. The fraction of sp³-hybridized carbons (Fsp3) is 0.647. The molecule has 1 atom stereocenters. The standard InChI is InChI=1S/C17H25ClN2O/c18-15-3-1-4-16(13-15)21-12-11-20-9-6-14(7-10-20)17-5-2-8-19-17/h1,3-4,13-14,17,19H,2,5-12H2. The van der Waals surface area contributed by atoms with Gasteiger partial charge in [0.15, 0.2) is 0 Å². The molecule has 0 aliphatic carbocycles. The van der Waals surface area contributed by atoms with Crippen LogP contribution in [0.4, 0.5) is 0 Å².